The van der Waals surface area contributed by atoms with Gasteiger partial charge in [-0.25, -0.2) is 0 Å². The van der Waals surface area contributed by atoms with E-state index < -0.39 is 0 Å². The number of amides is 1. The van der Waals surface area contributed by atoms with Crippen molar-refractivity contribution in [3.63, 3.8) is 0 Å². The first-order chi connectivity index (χ1) is 7.31. The second-order valence-electron chi connectivity index (χ2n) is 5.53. The number of nitrogens with one attached hydrogen (secondary N) is 2. The topological polar surface area (TPSA) is 41.1 Å². The number of fused-ring (bicyclic) bond motifs is 1. The van der Waals surface area contributed by atoms with E-state index >= 15 is 0 Å². The monoisotopic (exact) mass is 208 g/mol. The Bertz CT molecular complexity index is 263. The van der Waals surface area contributed by atoms with Gasteiger partial charge in [-0.05, 0) is 44.1 Å². The smallest absolute Gasteiger partial charge is 0.227 e. The Hall–Kier alpha value is -0.570. The number of rotatable bonds is 3. The molecular formula is C12H20N2O. The molecule has 0 aromatic rings. The van der Waals surface area contributed by atoms with Crippen molar-refractivity contribution >= 4 is 5.91 Å². The first-order valence-corrected chi connectivity index (χ1v) is 6.30. The summed E-state index contributed by atoms with van der Waals surface area (Å²) >= 11 is 0. The minimum absolute atomic E-state index is 0.0328. The molecule has 1 aliphatic heterocycles. The molecule has 0 radical (unpaired) electrons. The molecule has 1 heterocycles. The summed E-state index contributed by atoms with van der Waals surface area (Å²) in [6.45, 7) is 2.89. The van der Waals surface area contributed by atoms with Crippen LogP contribution >= 0.6 is 0 Å². The van der Waals surface area contributed by atoms with E-state index in [1.54, 1.807) is 0 Å². The highest BCUT2D eigenvalue weighted by Gasteiger charge is 2.51. The fourth-order valence-corrected chi connectivity index (χ4v) is 3.26. The van der Waals surface area contributed by atoms with Crippen LogP contribution in [-0.2, 0) is 4.79 Å². The van der Waals surface area contributed by atoms with E-state index in [9.17, 15) is 4.79 Å². The van der Waals surface area contributed by atoms with Gasteiger partial charge in [0.25, 0.3) is 0 Å². The third kappa shape index (κ3) is 1.57. The first kappa shape index (κ1) is 9.64. The Balaban J connectivity index is 1.64. The number of hydrogen-bond acceptors (Lipinski definition) is 2. The van der Waals surface area contributed by atoms with Crippen LogP contribution in [-0.4, -0.2) is 25.5 Å². The Morgan fingerprint density at radius 1 is 1.40 bits per heavy atom. The van der Waals surface area contributed by atoms with Gasteiger partial charge in [0.15, 0.2) is 0 Å². The van der Waals surface area contributed by atoms with Gasteiger partial charge in [-0.3, -0.25) is 4.79 Å². The van der Waals surface area contributed by atoms with Crippen LogP contribution in [0.4, 0.5) is 0 Å². The summed E-state index contributed by atoms with van der Waals surface area (Å²) in [4.78, 5) is 12.2. The molecule has 3 nitrogen and oxygen atoms in total. The van der Waals surface area contributed by atoms with Crippen molar-refractivity contribution in [2.24, 2.45) is 17.3 Å². The van der Waals surface area contributed by atoms with E-state index in [1.165, 1.54) is 25.7 Å². The fourth-order valence-electron chi connectivity index (χ4n) is 3.26. The number of carbonyl (C=O) groups is 1. The molecule has 2 saturated carbocycles. The summed E-state index contributed by atoms with van der Waals surface area (Å²) in [6.07, 6.45) is 6.21. The predicted octanol–water partition coefficient (Wildman–Crippen LogP) is 0.902. The second-order valence-corrected chi connectivity index (χ2v) is 5.53. The van der Waals surface area contributed by atoms with Gasteiger partial charge >= 0.3 is 0 Å². The van der Waals surface area contributed by atoms with Crippen molar-refractivity contribution in [2.45, 2.75) is 32.1 Å². The van der Waals surface area contributed by atoms with Gasteiger partial charge in [-0.15, -0.1) is 0 Å². The predicted molar refractivity (Wildman–Crippen MR) is 58.4 cm³/mol. The summed E-state index contributed by atoms with van der Waals surface area (Å²) in [5.41, 5.74) is -0.0328. The molecule has 3 aliphatic rings. The Labute approximate surface area is 91.0 Å². The van der Waals surface area contributed by atoms with Gasteiger partial charge in [0, 0.05) is 13.1 Å². The minimum atomic E-state index is -0.0328. The molecule has 0 aromatic heterocycles. The Morgan fingerprint density at radius 2 is 2.27 bits per heavy atom. The quantitative estimate of drug-likeness (QED) is 0.723. The number of carbonyl (C=O) groups excluding carboxylic acids is 1. The normalized spacial score (nSPS) is 39.1. The maximum atomic E-state index is 12.2. The van der Waals surface area contributed by atoms with E-state index in [2.05, 4.69) is 10.6 Å². The Morgan fingerprint density at radius 3 is 3.07 bits per heavy atom. The zero-order valence-corrected chi connectivity index (χ0v) is 9.22. The van der Waals surface area contributed by atoms with Crippen LogP contribution < -0.4 is 10.6 Å². The van der Waals surface area contributed by atoms with Gasteiger partial charge in [0.2, 0.25) is 5.91 Å². The summed E-state index contributed by atoms with van der Waals surface area (Å²) in [5.74, 6) is 1.73. The largest absolute Gasteiger partial charge is 0.355 e. The van der Waals surface area contributed by atoms with Crippen LogP contribution in [0.1, 0.15) is 32.1 Å². The maximum Gasteiger partial charge on any atom is 0.227 e. The fraction of sp³-hybridized carbons (Fsp3) is 0.917. The summed E-state index contributed by atoms with van der Waals surface area (Å²) in [7, 11) is 0. The zero-order valence-electron chi connectivity index (χ0n) is 9.22. The second kappa shape index (κ2) is 3.48. The van der Waals surface area contributed by atoms with E-state index in [0.29, 0.717) is 11.8 Å². The molecule has 0 bridgehead atoms. The summed E-state index contributed by atoms with van der Waals surface area (Å²) < 4.78 is 0. The standard InChI is InChI=1S/C12H20N2O/c15-11(14-6-9-3-4-9)12-5-1-2-10(12)7-13-8-12/h9-10,13H,1-8H2,(H,14,15)/t10-,12-/m1/s1. The van der Waals surface area contributed by atoms with Crippen LogP contribution in [0.5, 0.6) is 0 Å². The highest BCUT2D eigenvalue weighted by Crippen LogP contribution is 2.46. The highest BCUT2D eigenvalue weighted by atomic mass is 16.2. The molecule has 2 aliphatic carbocycles. The zero-order chi connectivity index (χ0) is 10.3. The average molecular weight is 208 g/mol. The molecule has 2 N–H and O–H groups in total. The lowest BCUT2D eigenvalue weighted by Gasteiger charge is -2.26. The van der Waals surface area contributed by atoms with Crippen LogP contribution in [0.2, 0.25) is 0 Å². The van der Waals surface area contributed by atoms with Crippen LogP contribution in [0.3, 0.4) is 0 Å². The third-order valence-electron chi connectivity index (χ3n) is 4.49. The van der Waals surface area contributed by atoms with Crippen LogP contribution in [0.25, 0.3) is 0 Å². The van der Waals surface area contributed by atoms with Gasteiger partial charge in [0.1, 0.15) is 0 Å². The molecule has 3 fully saturated rings. The molecule has 1 saturated heterocycles. The van der Waals surface area contributed by atoms with Gasteiger partial charge < -0.3 is 10.6 Å². The highest BCUT2D eigenvalue weighted by molar-refractivity contribution is 5.84. The molecule has 3 heteroatoms. The lowest BCUT2D eigenvalue weighted by molar-refractivity contribution is -0.131. The average Bonchev–Trinajstić information content (AvgIpc) is 2.81. The van der Waals surface area contributed by atoms with E-state index in [-0.39, 0.29) is 5.41 Å². The lowest BCUT2D eigenvalue weighted by atomic mass is 9.80. The van der Waals surface area contributed by atoms with E-state index in [0.717, 1.165) is 32.0 Å². The number of hydrogen-bond donors (Lipinski definition) is 2. The minimum Gasteiger partial charge on any atom is -0.355 e. The van der Waals surface area contributed by atoms with E-state index in [1.807, 2.05) is 0 Å². The molecule has 3 rings (SSSR count). The summed E-state index contributed by atoms with van der Waals surface area (Å²) in [6, 6.07) is 0. The molecule has 2 atom stereocenters. The van der Waals surface area contributed by atoms with Gasteiger partial charge in [0.05, 0.1) is 5.41 Å². The SMILES string of the molecule is O=C(NCC1CC1)[C@@]12CCC[C@@H]1CNC2. The summed E-state index contributed by atoms with van der Waals surface area (Å²) in [5, 5.41) is 6.56. The molecule has 84 valence electrons. The molecule has 0 aromatic carbocycles. The van der Waals surface area contributed by atoms with Crippen molar-refractivity contribution in [1.29, 1.82) is 0 Å². The van der Waals surface area contributed by atoms with Crippen molar-refractivity contribution in [2.75, 3.05) is 19.6 Å². The van der Waals surface area contributed by atoms with E-state index in [4.69, 9.17) is 0 Å². The van der Waals surface area contributed by atoms with Gasteiger partial charge in [-0.1, -0.05) is 6.42 Å². The van der Waals surface area contributed by atoms with Gasteiger partial charge in [-0.2, -0.15) is 0 Å². The van der Waals surface area contributed by atoms with Crippen LogP contribution in [0, 0.1) is 17.3 Å². The molecule has 0 unspecified atom stereocenters. The van der Waals surface area contributed by atoms with Crippen molar-refractivity contribution in [3.8, 4) is 0 Å². The first-order valence-electron chi connectivity index (χ1n) is 6.30. The lowest BCUT2D eigenvalue weighted by Crippen LogP contribution is -2.44. The Kier molecular flexibility index (Phi) is 2.23. The van der Waals surface area contributed by atoms with Crippen molar-refractivity contribution < 1.29 is 4.79 Å². The molecular weight excluding hydrogens is 188 g/mol. The molecule has 15 heavy (non-hydrogen) atoms. The van der Waals surface area contributed by atoms with Crippen molar-refractivity contribution in [1.82, 2.24) is 10.6 Å². The third-order valence-corrected chi connectivity index (χ3v) is 4.49. The maximum absolute atomic E-state index is 12.2. The van der Waals surface area contributed by atoms with Crippen LogP contribution in [0.15, 0.2) is 0 Å². The molecule has 1 amide bonds. The molecule has 0 spiro atoms. The van der Waals surface area contributed by atoms with Crippen molar-refractivity contribution in [3.05, 3.63) is 0 Å².